The molecule has 5 rings (SSSR count). The van der Waals surface area contributed by atoms with E-state index in [1.165, 1.54) is 22.7 Å². The summed E-state index contributed by atoms with van der Waals surface area (Å²) in [6, 6.07) is 19.2. The smallest absolute Gasteiger partial charge is 0.337 e. The highest BCUT2D eigenvalue weighted by molar-refractivity contribution is 7.88. The number of fused-ring (bicyclic) bond motifs is 1. The molecule has 9 heteroatoms. The molecule has 1 aliphatic rings. The largest absolute Gasteiger partial charge is 0.478 e. The molecule has 1 aromatic heterocycles. The van der Waals surface area contributed by atoms with Crippen molar-refractivity contribution in [1.82, 2.24) is 4.31 Å². The number of carboxylic acids is 1. The molecule has 4 aromatic rings. The van der Waals surface area contributed by atoms with Gasteiger partial charge < -0.3 is 14.8 Å². The minimum atomic E-state index is -3.18. The number of nitrogens with one attached hydrogen (secondary N) is 1. The van der Waals surface area contributed by atoms with Gasteiger partial charge in [0.1, 0.15) is 11.3 Å². The predicted octanol–water partition coefficient (Wildman–Crippen LogP) is 5.00. The third-order valence-corrected chi connectivity index (χ3v) is 8.22. The number of benzene rings is 3. The molecule has 1 fully saturated rings. The van der Waals surface area contributed by atoms with Crippen LogP contribution in [0.5, 0.6) is 0 Å². The number of aromatic carboxylic acids is 1. The summed E-state index contributed by atoms with van der Waals surface area (Å²) in [5, 5.41) is 13.3. The second-order valence-corrected chi connectivity index (χ2v) is 11.8. The summed E-state index contributed by atoms with van der Waals surface area (Å²) in [5.74, 6) is -0.473. The fourth-order valence-corrected chi connectivity index (χ4v) is 5.75. The summed E-state index contributed by atoms with van der Waals surface area (Å²) in [5.41, 5.74) is 4.30. The molecule has 0 saturated carbocycles. The minimum absolute atomic E-state index is 0.137. The van der Waals surface area contributed by atoms with E-state index >= 15 is 0 Å². The van der Waals surface area contributed by atoms with Crippen molar-refractivity contribution in [2.24, 2.45) is 0 Å². The van der Waals surface area contributed by atoms with Crippen molar-refractivity contribution in [2.75, 3.05) is 24.7 Å². The van der Waals surface area contributed by atoms with Crippen LogP contribution in [-0.4, -0.2) is 43.1 Å². The second-order valence-electron chi connectivity index (χ2n) is 9.82. The maximum atomic E-state index is 13.1. The van der Waals surface area contributed by atoms with Gasteiger partial charge in [-0.2, -0.15) is 0 Å². The van der Waals surface area contributed by atoms with E-state index in [9.17, 15) is 23.1 Å². The number of carboxylic acid groups (broad SMARTS) is 1. The first-order valence-electron chi connectivity index (χ1n) is 12.2. The van der Waals surface area contributed by atoms with Crippen LogP contribution in [0.1, 0.15) is 45.9 Å². The quantitative estimate of drug-likeness (QED) is 0.344. The Hall–Kier alpha value is -3.95. The van der Waals surface area contributed by atoms with E-state index < -0.39 is 16.0 Å². The molecule has 1 unspecified atom stereocenters. The fraction of sp³-hybridized carbons (Fsp3) is 0.241. The summed E-state index contributed by atoms with van der Waals surface area (Å²) in [7, 11) is -3.18. The first kappa shape index (κ1) is 25.7. The SMILES string of the molecule is Cc1cc(C(C)Nc2ccccc2C(=O)O)c2oc(-c3ccc(C4CN(S(C)(=O)=O)C4)cc3)cc(=O)c2c1. The van der Waals surface area contributed by atoms with Crippen molar-refractivity contribution in [3.63, 3.8) is 0 Å². The summed E-state index contributed by atoms with van der Waals surface area (Å²) < 4.78 is 31.1. The zero-order valence-electron chi connectivity index (χ0n) is 21.3. The van der Waals surface area contributed by atoms with Crippen LogP contribution < -0.4 is 10.7 Å². The topological polar surface area (TPSA) is 117 Å². The van der Waals surface area contributed by atoms with Crippen LogP contribution in [-0.2, 0) is 10.0 Å². The van der Waals surface area contributed by atoms with Gasteiger partial charge in [0.15, 0.2) is 5.43 Å². The Morgan fingerprint density at radius 3 is 2.42 bits per heavy atom. The fourth-order valence-electron chi connectivity index (χ4n) is 4.84. The average molecular weight is 533 g/mol. The molecule has 0 aliphatic carbocycles. The van der Waals surface area contributed by atoms with Crippen molar-refractivity contribution in [3.8, 4) is 11.3 Å². The van der Waals surface area contributed by atoms with Gasteiger partial charge in [0, 0.05) is 41.9 Å². The molecule has 1 atom stereocenters. The number of hydrogen-bond acceptors (Lipinski definition) is 6. The molecular formula is C29H28N2O6S. The third-order valence-electron chi connectivity index (χ3n) is 6.98. The van der Waals surface area contributed by atoms with Gasteiger partial charge in [-0.25, -0.2) is 17.5 Å². The maximum absolute atomic E-state index is 13.1. The standard InChI is InChI=1S/C29H28N2O6S/c1-17-12-23(18(2)30-25-7-5-4-6-22(25)29(33)34)28-24(13-17)26(32)14-27(37-28)20-10-8-19(9-11-20)21-15-31(16-21)38(3,35)36/h4-14,18,21,30H,15-16H2,1-3H3,(H,33,34). The molecule has 1 aliphatic heterocycles. The molecule has 3 aromatic carbocycles. The van der Waals surface area contributed by atoms with Gasteiger partial charge in [-0.3, -0.25) is 4.79 Å². The Morgan fingerprint density at radius 1 is 1.08 bits per heavy atom. The van der Waals surface area contributed by atoms with Crippen molar-refractivity contribution in [3.05, 3.63) is 99.2 Å². The first-order valence-corrected chi connectivity index (χ1v) is 14.1. The van der Waals surface area contributed by atoms with E-state index in [1.54, 1.807) is 24.3 Å². The van der Waals surface area contributed by atoms with E-state index in [-0.39, 0.29) is 23.0 Å². The Kier molecular flexibility index (Phi) is 6.58. The van der Waals surface area contributed by atoms with Crippen LogP contribution in [0.2, 0.25) is 0 Å². The van der Waals surface area contributed by atoms with E-state index in [1.807, 2.05) is 44.2 Å². The molecule has 0 bridgehead atoms. The number of aryl methyl sites for hydroxylation is 1. The molecule has 196 valence electrons. The zero-order chi connectivity index (χ0) is 27.2. The Balaban J connectivity index is 1.48. The van der Waals surface area contributed by atoms with Crippen LogP contribution in [0.4, 0.5) is 5.69 Å². The number of para-hydroxylation sites is 1. The normalized spacial score (nSPS) is 15.2. The highest BCUT2D eigenvalue weighted by atomic mass is 32.2. The van der Waals surface area contributed by atoms with E-state index in [0.717, 1.165) is 22.3 Å². The highest BCUT2D eigenvalue weighted by Gasteiger charge is 2.34. The molecule has 1 saturated heterocycles. The number of carbonyl (C=O) groups is 1. The summed E-state index contributed by atoms with van der Waals surface area (Å²) in [6.07, 6.45) is 1.21. The van der Waals surface area contributed by atoms with Gasteiger partial charge in [0.2, 0.25) is 10.0 Å². The van der Waals surface area contributed by atoms with E-state index in [0.29, 0.717) is 35.5 Å². The minimum Gasteiger partial charge on any atom is -0.478 e. The van der Waals surface area contributed by atoms with Crippen LogP contribution >= 0.6 is 0 Å². The highest BCUT2D eigenvalue weighted by Crippen LogP contribution is 2.33. The number of nitrogens with zero attached hydrogens (tertiary/aromatic N) is 1. The predicted molar refractivity (Wildman–Crippen MR) is 147 cm³/mol. The van der Waals surface area contributed by atoms with Crippen LogP contribution in [0.15, 0.2) is 75.9 Å². The van der Waals surface area contributed by atoms with E-state index in [2.05, 4.69) is 5.32 Å². The molecule has 8 nitrogen and oxygen atoms in total. The molecule has 0 radical (unpaired) electrons. The Labute approximate surface area is 220 Å². The summed E-state index contributed by atoms with van der Waals surface area (Å²) in [6.45, 7) is 4.72. The molecular weight excluding hydrogens is 504 g/mol. The molecule has 38 heavy (non-hydrogen) atoms. The van der Waals surface area contributed by atoms with Crippen molar-refractivity contribution in [2.45, 2.75) is 25.8 Å². The average Bonchev–Trinajstić information content (AvgIpc) is 2.83. The second kappa shape index (κ2) is 9.74. The van der Waals surface area contributed by atoms with Gasteiger partial charge in [0.25, 0.3) is 0 Å². The van der Waals surface area contributed by atoms with Crippen molar-refractivity contribution in [1.29, 1.82) is 0 Å². The van der Waals surface area contributed by atoms with Gasteiger partial charge in [-0.15, -0.1) is 0 Å². The Bertz CT molecular complexity index is 1700. The monoisotopic (exact) mass is 532 g/mol. The Morgan fingerprint density at radius 2 is 1.76 bits per heavy atom. The van der Waals surface area contributed by atoms with Gasteiger partial charge >= 0.3 is 5.97 Å². The first-order chi connectivity index (χ1) is 18.0. The van der Waals surface area contributed by atoms with Crippen molar-refractivity contribution >= 4 is 32.6 Å². The number of sulfonamides is 1. The lowest BCUT2D eigenvalue weighted by atomic mass is 9.92. The number of anilines is 1. The van der Waals surface area contributed by atoms with Crippen molar-refractivity contribution < 1.29 is 22.7 Å². The molecule has 2 N–H and O–H groups in total. The number of rotatable bonds is 7. The van der Waals surface area contributed by atoms with E-state index in [4.69, 9.17) is 4.42 Å². The molecule has 2 heterocycles. The van der Waals surface area contributed by atoms with Crippen LogP contribution in [0.25, 0.3) is 22.3 Å². The molecule has 0 amide bonds. The molecule has 0 spiro atoms. The summed E-state index contributed by atoms with van der Waals surface area (Å²) >= 11 is 0. The zero-order valence-corrected chi connectivity index (χ0v) is 22.1. The lowest BCUT2D eigenvalue weighted by Crippen LogP contribution is -2.47. The third kappa shape index (κ3) is 4.94. The maximum Gasteiger partial charge on any atom is 0.337 e. The van der Waals surface area contributed by atoms with Gasteiger partial charge in [0.05, 0.1) is 23.2 Å². The number of hydrogen-bond donors (Lipinski definition) is 2. The van der Waals surface area contributed by atoms with Crippen LogP contribution in [0.3, 0.4) is 0 Å². The lowest BCUT2D eigenvalue weighted by molar-refractivity contribution is 0.0698. The van der Waals surface area contributed by atoms with Gasteiger partial charge in [-0.1, -0.05) is 42.5 Å². The van der Waals surface area contributed by atoms with Crippen LogP contribution in [0, 0.1) is 6.92 Å². The lowest BCUT2D eigenvalue weighted by Gasteiger charge is -2.37. The summed E-state index contributed by atoms with van der Waals surface area (Å²) in [4.78, 5) is 24.8. The van der Waals surface area contributed by atoms with Gasteiger partial charge in [-0.05, 0) is 43.2 Å².